The summed E-state index contributed by atoms with van der Waals surface area (Å²) in [5.74, 6) is 15.0. The molecule has 5 aromatic rings. The number of nitrogens with two attached hydrogens (primary N) is 1. The Morgan fingerprint density at radius 2 is 1.85 bits per heavy atom. The lowest BCUT2D eigenvalue weighted by Crippen LogP contribution is -2.56. The Morgan fingerprint density at radius 1 is 0.987 bits per heavy atom. The first-order valence-corrected chi connectivity index (χ1v) is 30.7. The molecule has 4 spiro atoms. The van der Waals surface area contributed by atoms with Crippen molar-refractivity contribution in [3.63, 3.8) is 0 Å². The first kappa shape index (κ1) is 50.3. The number of aromatic hydroxyl groups is 1. The van der Waals surface area contributed by atoms with Crippen molar-refractivity contribution in [3.05, 3.63) is 128 Å². The Hall–Kier alpha value is -5.89. The third-order valence-electron chi connectivity index (χ3n) is 21.6. The molecule has 2 aromatic carbocycles. The number of nitrogens with one attached hydrogen (secondary N) is 3. The van der Waals surface area contributed by atoms with Crippen molar-refractivity contribution in [2.24, 2.45) is 56.1 Å². The highest BCUT2D eigenvalue weighted by Gasteiger charge is 2.78. The Labute approximate surface area is 467 Å². The first-order chi connectivity index (χ1) is 37.9. The molecule has 8 aliphatic carbocycles. The number of ketones is 1. The summed E-state index contributed by atoms with van der Waals surface area (Å²) in [7, 11) is 0. The van der Waals surface area contributed by atoms with Crippen molar-refractivity contribution in [2.75, 3.05) is 11.9 Å². The lowest BCUT2D eigenvalue weighted by molar-refractivity contribution is -0.0435. The molecular weight excluding hydrogens is 1000 g/mol. The lowest BCUT2D eigenvalue weighted by atomic mass is 9.45. The number of anilines is 1. The van der Waals surface area contributed by atoms with E-state index in [-0.39, 0.29) is 65.2 Å². The molecule has 2 aliphatic heterocycles. The van der Waals surface area contributed by atoms with Crippen molar-refractivity contribution in [3.8, 4) is 39.2 Å². The number of Topliss-reactive ketones (excluding diaryl/α,β-unsaturated/α-hetero) is 1. The summed E-state index contributed by atoms with van der Waals surface area (Å²) in [6, 6.07) is 16.5. The number of aliphatic hydroxyl groups is 2. The number of benzene rings is 2. The number of carbonyl (C=O) groups excluding carboxylic acids is 1. The maximum Gasteiger partial charge on any atom is 0.189 e. The molecule has 8 N–H and O–H groups in total. The zero-order valence-corrected chi connectivity index (χ0v) is 46.6. The first-order valence-electron chi connectivity index (χ1n) is 29.1. The monoisotopic (exact) mass is 1080 g/mol. The number of thiophene rings is 2. The summed E-state index contributed by atoms with van der Waals surface area (Å²) in [5, 5.41) is 44.7. The van der Waals surface area contributed by atoms with E-state index < -0.39 is 27.9 Å². The molecule has 0 amide bonds. The molecule has 0 saturated heterocycles. The molecule has 12 heteroatoms. The van der Waals surface area contributed by atoms with Gasteiger partial charge in [0.25, 0.3) is 0 Å². The van der Waals surface area contributed by atoms with E-state index in [4.69, 9.17) is 10.7 Å². The van der Waals surface area contributed by atoms with Gasteiger partial charge in [0.05, 0.1) is 45.0 Å². The molecule has 12 atom stereocenters. The molecule has 5 heterocycles. The van der Waals surface area contributed by atoms with Gasteiger partial charge in [-0.25, -0.2) is 9.98 Å². The van der Waals surface area contributed by atoms with E-state index in [1.165, 1.54) is 17.5 Å². The highest BCUT2D eigenvalue weighted by atomic mass is 32.1. The summed E-state index contributed by atoms with van der Waals surface area (Å²) in [6.45, 7) is 3.90. The molecule has 5 saturated carbocycles. The number of fused-ring (bicyclic) bond motifs is 5. The minimum absolute atomic E-state index is 0.00760. The van der Waals surface area contributed by atoms with Gasteiger partial charge in [0.15, 0.2) is 11.7 Å². The summed E-state index contributed by atoms with van der Waals surface area (Å²) in [6.07, 6.45) is 27.8. The van der Waals surface area contributed by atoms with Gasteiger partial charge in [0, 0.05) is 69.9 Å². The molecule has 10 nitrogen and oxygen atoms in total. The minimum Gasteiger partial charge on any atom is -0.507 e. The van der Waals surface area contributed by atoms with Gasteiger partial charge in [-0.15, -0.1) is 28.6 Å². The Morgan fingerprint density at radius 3 is 2.68 bits per heavy atom. The fourth-order valence-corrected chi connectivity index (χ4v) is 20.5. The molecule has 15 rings (SSSR count). The van der Waals surface area contributed by atoms with E-state index in [0.29, 0.717) is 37.2 Å². The van der Waals surface area contributed by atoms with E-state index in [1.54, 1.807) is 29.0 Å². The third kappa shape index (κ3) is 7.66. The zero-order valence-electron chi connectivity index (χ0n) is 45.0. The minimum atomic E-state index is -1.24. The predicted octanol–water partition coefficient (Wildman–Crippen LogP) is 11.7. The van der Waals surface area contributed by atoms with Crippen LogP contribution in [0.2, 0.25) is 0 Å². The van der Waals surface area contributed by atoms with Gasteiger partial charge in [-0.1, -0.05) is 85.9 Å². The smallest absolute Gasteiger partial charge is 0.189 e. The summed E-state index contributed by atoms with van der Waals surface area (Å²) in [5.41, 5.74) is 12.0. The van der Waals surface area contributed by atoms with Crippen LogP contribution in [0.1, 0.15) is 163 Å². The zero-order chi connectivity index (χ0) is 53.2. The Balaban J connectivity index is 1.02. The fraction of sp³-hybridized carbons (Fsp3) is 0.500. The number of imidazole rings is 1. The molecule has 12 unspecified atom stereocenters. The number of carbonyl (C=O) groups is 1. The molecule has 10 aliphatic rings. The normalized spacial score (nSPS) is 34.9. The van der Waals surface area contributed by atoms with Crippen LogP contribution in [-0.4, -0.2) is 67.4 Å². The van der Waals surface area contributed by atoms with Gasteiger partial charge >= 0.3 is 0 Å². The van der Waals surface area contributed by atoms with Crippen LogP contribution < -0.4 is 16.4 Å². The van der Waals surface area contributed by atoms with Gasteiger partial charge in [0.1, 0.15) is 5.75 Å². The second-order valence-electron chi connectivity index (χ2n) is 25.4. The average Bonchev–Trinajstić information content (AvgIpc) is 2.10. The lowest BCUT2D eigenvalue weighted by Gasteiger charge is -2.58. The number of H-pyrrole nitrogens is 1. The van der Waals surface area contributed by atoms with Crippen molar-refractivity contribution in [1.82, 2.24) is 15.3 Å². The number of guanidine groups is 1. The number of rotatable bonds is 8. The SMILES string of the molecule is CC#Cc1ccc(-c2ccc(C(=O)C3CCC45C=CC6C3(C4)CC3(CCCC3CO)C63CCC4c6cccc(c6Cc6cnc[nH]6)CC(C)(O)C6C=Cc7c(O)cc(c(c7N6)C#CC43)CC5N=C(N)NC3CCCCC3)s2)s1. The Kier molecular flexibility index (Phi) is 12.2. The van der Waals surface area contributed by atoms with Gasteiger partial charge in [-0.05, 0) is 171 Å². The molecule has 402 valence electrons. The fourth-order valence-electron chi connectivity index (χ4n) is 18.5. The highest BCUT2D eigenvalue weighted by Crippen LogP contribution is 2.84. The maximum absolute atomic E-state index is 16.2. The van der Waals surface area contributed by atoms with Crippen molar-refractivity contribution in [2.45, 2.75) is 153 Å². The number of hydrogen-bond donors (Lipinski definition) is 7. The summed E-state index contributed by atoms with van der Waals surface area (Å²) < 4.78 is 0. The molecular formula is C66H72N6O4S2. The number of aliphatic hydroxyl groups excluding tert-OH is 1. The quantitative estimate of drug-likeness (QED) is 0.0265. The number of allylic oxidation sites excluding steroid dienone is 1. The standard InChI is InChI=1S/C66H72N6O4S2/c1-3-9-44-15-19-53(77-44)54-20-21-55(78-54)60(75)51-24-27-63-28-25-56-64(51,36-63)37-65(26-8-11-41(65)35-73)66(56)29-23-47-46-14-7-10-39(49(46)32-43-34-68-38-69-43)33-62(2,76)57-22-17-48-52(74)30-40(45(59(48)71-57)16-18-50(47)66)31-58(63)72-61(67)70-42-12-5-4-6-13-42/h7,10,14-15,17,19-22,25,28,30,34,38,41-42,47,50-51,56-58,71,73-74,76H,4-6,8,11-13,23-24,26-27,29,31-33,35-37H2,1-2H3,(H,68,69)(H3,67,70,72). The van der Waals surface area contributed by atoms with Crippen LogP contribution in [0.15, 0.2) is 84.3 Å². The average molecular weight is 1080 g/mol. The number of hydrogen-bond acceptors (Lipinski definition) is 9. The van der Waals surface area contributed by atoms with Crippen LogP contribution in [0.4, 0.5) is 5.69 Å². The van der Waals surface area contributed by atoms with Crippen LogP contribution in [-0.2, 0) is 19.3 Å². The van der Waals surface area contributed by atoms with Crippen molar-refractivity contribution >= 4 is 46.2 Å². The van der Waals surface area contributed by atoms with E-state index in [1.807, 2.05) is 38.3 Å². The van der Waals surface area contributed by atoms with E-state index in [0.717, 1.165) is 125 Å². The second kappa shape index (κ2) is 18.9. The number of phenols is 1. The maximum atomic E-state index is 16.2. The van der Waals surface area contributed by atoms with Gasteiger partial charge in [0.2, 0.25) is 0 Å². The van der Waals surface area contributed by atoms with Crippen LogP contribution in [0.25, 0.3) is 15.8 Å². The number of phenolic OH excluding ortho intramolecular Hbond substituents is 1. The molecule has 5 fully saturated rings. The van der Waals surface area contributed by atoms with Crippen LogP contribution in [0.5, 0.6) is 5.75 Å². The molecule has 78 heavy (non-hydrogen) atoms. The molecule has 10 bridgehead atoms. The van der Waals surface area contributed by atoms with Crippen molar-refractivity contribution in [1.29, 1.82) is 0 Å². The molecule has 3 aromatic heterocycles. The third-order valence-corrected chi connectivity index (χ3v) is 23.9. The van der Waals surface area contributed by atoms with Crippen LogP contribution >= 0.6 is 22.7 Å². The van der Waals surface area contributed by atoms with Gasteiger partial charge in [-0.2, -0.15) is 0 Å². The topological polar surface area (TPSA) is 169 Å². The predicted molar refractivity (Wildman–Crippen MR) is 311 cm³/mol. The number of aromatic amines is 1. The van der Waals surface area contributed by atoms with Crippen molar-refractivity contribution < 1.29 is 20.1 Å². The van der Waals surface area contributed by atoms with E-state index in [9.17, 15) is 15.3 Å². The van der Waals surface area contributed by atoms with Gasteiger partial charge in [-0.3, -0.25) is 4.79 Å². The highest BCUT2D eigenvalue weighted by molar-refractivity contribution is 7.23. The summed E-state index contributed by atoms with van der Waals surface area (Å²) in [4.78, 5) is 33.9. The Bertz CT molecular complexity index is 3450. The summed E-state index contributed by atoms with van der Waals surface area (Å²) >= 11 is 3.30. The number of aliphatic imine (C=N–C) groups is 1. The number of aromatic nitrogens is 2. The van der Waals surface area contributed by atoms with Crippen LogP contribution in [0, 0.1) is 69.0 Å². The van der Waals surface area contributed by atoms with E-state index >= 15 is 4.79 Å². The van der Waals surface area contributed by atoms with Gasteiger partial charge < -0.3 is 36.7 Å². The largest absolute Gasteiger partial charge is 0.507 e. The second-order valence-corrected chi connectivity index (χ2v) is 27.5. The molecule has 0 radical (unpaired) electrons. The van der Waals surface area contributed by atoms with Crippen LogP contribution in [0.3, 0.4) is 0 Å². The number of nitrogens with zero attached hydrogens (tertiary/aromatic N) is 2. The van der Waals surface area contributed by atoms with E-state index in [2.05, 4.69) is 98.9 Å².